The van der Waals surface area contributed by atoms with Crippen molar-refractivity contribution < 1.29 is 14.3 Å². The van der Waals surface area contributed by atoms with Gasteiger partial charge in [-0.25, -0.2) is 4.79 Å². The molecule has 0 bridgehead atoms. The van der Waals surface area contributed by atoms with E-state index < -0.39 is 11.9 Å². The number of rotatable bonds is 4. The van der Waals surface area contributed by atoms with Crippen LogP contribution in [0.25, 0.3) is 0 Å². The van der Waals surface area contributed by atoms with Crippen LogP contribution in [-0.2, 0) is 14.3 Å². The van der Waals surface area contributed by atoms with E-state index in [4.69, 9.17) is 27.9 Å². The Balaban J connectivity index is 2.26. The van der Waals surface area contributed by atoms with Crippen molar-refractivity contribution in [3.05, 3.63) is 38.1 Å². The van der Waals surface area contributed by atoms with E-state index in [0.29, 0.717) is 20.0 Å². The average molecular weight is 392 g/mol. The van der Waals surface area contributed by atoms with Crippen LogP contribution in [0.2, 0.25) is 10.0 Å². The lowest BCUT2D eigenvalue weighted by atomic mass is 10.2. The van der Waals surface area contributed by atoms with E-state index in [9.17, 15) is 9.59 Å². The number of hydrogen-bond donors (Lipinski definition) is 1. The molecule has 0 saturated carbocycles. The highest BCUT2D eigenvalue weighted by atomic mass is 35.5. The summed E-state index contributed by atoms with van der Waals surface area (Å²) in [7, 11) is 0. The quantitative estimate of drug-likeness (QED) is 0.352. The molecule has 1 aliphatic rings. The van der Waals surface area contributed by atoms with Crippen LogP contribution < -0.4 is 5.32 Å². The average Bonchev–Trinajstić information content (AvgIpc) is 2.95. The molecule has 1 fully saturated rings. The number of hydrogen-bond acceptors (Lipinski definition) is 5. The number of anilines is 1. The van der Waals surface area contributed by atoms with E-state index >= 15 is 0 Å². The molecule has 1 N–H and O–H groups in total. The number of amides is 1. The van der Waals surface area contributed by atoms with E-state index in [-0.39, 0.29) is 11.7 Å². The number of carbonyl (C=O) groups excluding carboxylic acids is 2. The predicted molar refractivity (Wildman–Crippen MR) is 98.3 cm³/mol. The minimum Gasteiger partial charge on any atom is -0.459 e. The zero-order chi connectivity index (χ0) is 17.0. The van der Waals surface area contributed by atoms with Gasteiger partial charge >= 0.3 is 5.97 Å². The Labute approximate surface area is 153 Å². The summed E-state index contributed by atoms with van der Waals surface area (Å²) in [4.78, 5) is 24.9. The van der Waals surface area contributed by atoms with Crippen molar-refractivity contribution in [1.29, 1.82) is 0 Å². The van der Waals surface area contributed by atoms with Crippen LogP contribution in [-0.4, -0.2) is 29.5 Å². The largest absolute Gasteiger partial charge is 0.459 e. The highest BCUT2D eigenvalue weighted by Crippen LogP contribution is 2.39. The third kappa shape index (κ3) is 5.08. The topological polar surface area (TPSA) is 55.4 Å². The van der Waals surface area contributed by atoms with Crippen molar-refractivity contribution in [2.45, 2.75) is 20.0 Å². The van der Waals surface area contributed by atoms with Crippen LogP contribution in [0.5, 0.6) is 0 Å². The third-order valence-corrected chi connectivity index (χ3v) is 5.97. The SMILES string of the molecule is CC(C)OC(=O)C(C(=O)Nc1ccc(Cl)cc1Cl)=C1SCCS1. The summed E-state index contributed by atoms with van der Waals surface area (Å²) in [6.45, 7) is 3.48. The molecule has 0 spiro atoms. The van der Waals surface area contributed by atoms with Crippen LogP contribution >= 0.6 is 46.7 Å². The van der Waals surface area contributed by atoms with E-state index in [2.05, 4.69) is 5.32 Å². The van der Waals surface area contributed by atoms with Gasteiger partial charge in [-0.3, -0.25) is 4.79 Å². The van der Waals surface area contributed by atoms with Gasteiger partial charge in [0.25, 0.3) is 5.91 Å². The Morgan fingerprint density at radius 1 is 1.22 bits per heavy atom. The van der Waals surface area contributed by atoms with Gasteiger partial charge in [-0.05, 0) is 32.0 Å². The molecule has 8 heteroatoms. The van der Waals surface area contributed by atoms with E-state index in [1.165, 1.54) is 29.6 Å². The summed E-state index contributed by atoms with van der Waals surface area (Å²) < 4.78 is 5.87. The zero-order valence-electron chi connectivity index (χ0n) is 12.5. The Kier molecular flexibility index (Phi) is 6.71. The number of halogens is 2. The van der Waals surface area contributed by atoms with Crippen LogP contribution in [0.3, 0.4) is 0 Å². The van der Waals surface area contributed by atoms with Gasteiger partial charge in [0.1, 0.15) is 5.57 Å². The summed E-state index contributed by atoms with van der Waals surface area (Å²) >= 11 is 14.9. The highest BCUT2D eigenvalue weighted by molar-refractivity contribution is 8.25. The molecule has 0 unspecified atom stereocenters. The van der Waals surface area contributed by atoms with Crippen molar-refractivity contribution in [3.63, 3.8) is 0 Å². The first kappa shape index (κ1) is 18.5. The number of esters is 1. The van der Waals surface area contributed by atoms with E-state index in [0.717, 1.165) is 11.5 Å². The summed E-state index contributed by atoms with van der Waals surface area (Å²) in [6, 6.07) is 4.73. The second-order valence-corrected chi connectivity index (χ2v) is 8.20. The fraction of sp³-hybridized carbons (Fsp3) is 0.333. The molecule has 0 atom stereocenters. The fourth-order valence-electron chi connectivity index (χ4n) is 1.77. The van der Waals surface area contributed by atoms with Crippen LogP contribution in [0.1, 0.15) is 13.8 Å². The Morgan fingerprint density at radius 3 is 2.43 bits per heavy atom. The van der Waals surface area contributed by atoms with E-state index in [1.807, 2.05) is 0 Å². The molecule has 1 aliphatic heterocycles. The van der Waals surface area contributed by atoms with Gasteiger partial charge in [0.2, 0.25) is 0 Å². The molecule has 1 heterocycles. The first-order valence-corrected chi connectivity index (χ1v) is 9.58. The second kappa shape index (κ2) is 8.33. The Hall–Kier alpha value is -0.820. The highest BCUT2D eigenvalue weighted by Gasteiger charge is 2.28. The second-order valence-electron chi connectivity index (χ2n) is 4.89. The van der Waals surface area contributed by atoms with Gasteiger partial charge < -0.3 is 10.1 Å². The molecule has 0 radical (unpaired) electrons. The molecule has 2 rings (SSSR count). The lowest BCUT2D eigenvalue weighted by molar-refractivity contribution is -0.143. The van der Waals surface area contributed by atoms with E-state index in [1.54, 1.807) is 26.0 Å². The Morgan fingerprint density at radius 2 is 1.87 bits per heavy atom. The molecule has 1 aromatic rings. The first-order valence-electron chi connectivity index (χ1n) is 6.85. The van der Waals surface area contributed by atoms with Gasteiger partial charge in [-0.2, -0.15) is 0 Å². The van der Waals surface area contributed by atoms with Crippen LogP contribution in [0.15, 0.2) is 28.0 Å². The lowest BCUT2D eigenvalue weighted by Gasteiger charge is -2.13. The van der Waals surface area contributed by atoms with Gasteiger partial charge in [0.15, 0.2) is 0 Å². The molecule has 124 valence electrons. The predicted octanol–water partition coefficient (Wildman–Crippen LogP) is 4.58. The van der Waals surface area contributed by atoms with Crippen molar-refractivity contribution in [2.75, 3.05) is 16.8 Å². The number of benzene rings is 1. The summed E-state index contributed by atoms with van der Waals surface area (Å²) in [5, 5.41) is 3.42. The first-order chi connectivity index (χ1) is 10.9. The normalized spacial score (nSPS) is 14.0. The number of thioether (sulfide) groups is 2. The number of ether oxygens (including phenoxy) is 1. The third-order valence-electron chi connectivity index (χ3n) is 2.71. The lowest BCUT2D eigenvalue weighted by Crippen LogP contribution is -2.25. The maximum atomic E-state index is 12.6. The van der Waals surface area contributed by atoms with Crippen molar-refractivity contribution >= 4 is 64.3 Å². The summed E-state index contributed by atoms with van der Waals surface area (Å²) in [5.74, 6) is 0.553. The van der Waals surface area contributed by atoms with Crippen LogP contribution in [0.4, 0.5) is 5.69 Å². The molecule has 1 aromatic carbocycles. The summed E-state index contributed by atoms with van der Waals surface area (Å²) in [6.07, 6.45) is -0.304. The monoisotopic (exact) mass is 391 g/mol. The summed E-state index contributed by atoms with van der Waals surface area (Å²) in [5.41, 5.74) is 0.418. The maximum Gasteiger partial charge on any atom is 0.345 e. The minimum atomic E-state index is -0.625. The molecule has 0 aliphatic carbocycles. The number of nitrogens with one attached hydrogen (secondary N) is 1. The molecular formula is C15H15Cl2NO3S2. The zero-order valence-corrected chi connectivity index (χ0v) is 15.7. The standard InChI is InChI=1S/C15H15Cl2NO3S2/c1-8(2)21-14(20)12(15-22-5-6-23-15)13(19)18-11-4-3-9(16)7-10(11)17/h3-4,7-8H,5-6H2,1-2H3,(H,18,19). The minimum absolute atomic E-state index is 0.0252. The Bertz CT molecular complexity index is 654. The van der Waals surface area contributed by atoms with Gasteiger partial charge in [0.05, 0.1) is 21.1 Å². The maximum absolute atomic E-state index is 12.6. The van der Waals surface area contributed by atoms with Crippen molar-refractivity contribution in [1.82, 2.24) is 0 Å². The number of carbonyl (C=O) groups is 2. The van der Waals surface area contributed by atoms with Crippen LogP contribution in [0, 0.1) is 0 Å². The molecule has 4 nitrogen and oxygen atoms in total. The van der Waals surface area contributed by atoms with Crippen molar-refractivity contribution in [2.24, 2.45) is 0 Å². The smallest absolute Gasteiger partial charge is 0.345 e. The molecule has 1 saturated heterocycles. The molecule has 0 aromatic heterocycles. The van der Waals surface area contributed by atoms with Gasteiger partial charge in [-0.1, -0.05) is 23.2 Å². The molecular weight excluding hydrogens is 377 g/mol. The fourth-order valence-corrected chi connectivity index (χ4v) is 4.74. The van der Waals surface area contributed by atoms with Crippen molar-refractivity contribution in [3.8, 4) is 0 Å². The van der Waals surface area contributed by atoms with Gasteiger partial charge in [-0.15, -0.1) is 23.5 Å². The van der Waals surface area contributed by atoms with Gasteiger partial charge in [0, 0.05) is 16.5 Å². The molecule has 1 amide bonds. The molecule has 23 heavy (non-hydrogen) atoms.